The van der Waals surface area contributed by atoms with E-state index in [0.29, 0.717) is 6.92 Å². The van der Waals surface area contributed by atoms with Crippen molar-refractivity contribution in [1.82, 2.24) is 0 Å². The average molecular weight is 222 g/mol. The molecule has 0 aromatic carbocycles. The molecule has 0 nitrogen and oxygen atoms in total. The summed E-state index contributed by atoms with van der Waals surface area (Å²) in [6.45, 7) is 2.37. The van der Waals surface area contributed by atoms with Crippen molar-refractivity contribution in [3.8, 4) is 0 Å². The first kappa shape index (κ1) is 13.0. The molecule has 0 aliphatic heterocycles. The van der Waals surface area contributed by atoms with Gasteiger partial charge >= 0.3 is 6.18 Å². The third-order valence-electron chi connectivity index (χ3n) is 1.85. The molecule has 0 aromatic rings. The molecule has 0 saturated heterocycles. The van der Waals surface area contributed by atoms with Crippen LogP contribution in [0.2, 0.25) is 0 Å². The maximum atomic E-state index is 13.0. The number of thiol groups is 1. The lowest BCUT2D eigenvalue weighted by Crippen LogP contribution is -2.49. The molecule has 1 unspecified atom stereocenters. The first-order chi connectivity index (χ1) is 5.40. The lowest BCUT2D eigenvalue weighted by molar-refractivity contribution is -0.240. The molecule has 0 bridgehead atoms. The van der Waals surface area contributed by atoms with Crippen molar-refractivity contribution in [2.24, 2.45) is 5.92 Å². The Labute approximate surface area is 78.9 Å². The molecule has 0 heterocycles. The summed E-state index contributed by atoms with van der Waals surface area (Å²) in [6.07, 6.45) is -4.90. The quantitative estimate of drug-likeness (QED) is 0.536. The van der Waals surface area contributed by atoms with Crippen LogP contribution in [0.25, 0.3) is 0 Å². The summed E-state index contributed by atoms with van der Waals surface area (Å²) in [6, 6.07) is 0. The number of rotatable bonds is 2. The van der Waals surface area contributed by atoms with Crippen LogP contribution >= 0.6 is 12.6 Å². The third kappa shape index (κ3) is 2.72. The Balaban J connectivity index is 4.86. The summed E-state index contributed by atoms with van der Waals surface area (Å²) in [5.41, 5.74) is 0. The summed E-state index contributed by atoms with van der Waals surface area (Å²) in [4.78, 5) is 0. The highest BCUT2D eigenvalue weighted by Crippen LogP contribution is 2.46. The van der Waals surface area contributed by atoms with Gasteiger partial charge in [-0.3, -0.25) is 0 Å². The predicted molar refractivity (Wildman–Crippen MR) is 43.2 cm³/mol. The van der Waals surface area contributed by atoms with Crippen LogP contribution in [-0.2, 0) is 0 Å². The summed E-state index contributed by atoms with van der Waals surface area (Å²) in [5, 5.41) is 0. The van der Waals surface area contributed by atoms with E-state index >= 15 is 0 Å². The second-order valence-electron chi connectivity index (χ2n) is 3.45. The maximum absolute atomic E-state index is 13.0. The molecular weight excluding hydrogens is 211 g/mol. The van der Waals surface area contributed by atoms with E-state index in [1.165, 1.54) is 0 Å². The standard InChI is InChI=1S/C7H11F5S/c1-4(7(10,11)12)6(8,9)5(2,3)13/h4,13H,1-3H3. The maximum Gasteiger partial charge on any atom is 0.397 e. The Morgan fingerprint density at radius 3 is 1.38 bits per heavy atom. The normalized spacial score (nSPS) is 17.3. The summed E-state index contributed by atoms with van der Waals surface area (Å²) in [5.74, 6) is -6.57. The zero-order valence-corrected chi connectivity index (χ0v) is 8.31. The van der Waals surface area contributed by atoms with Crippen LogP contribution in [0.4, 0.5) is 22.0 Å². The highest BCUT2D eigenvalue weighted by atomic mass is 32.1. The Morgan fingerprint density at radius 1 is 1.00 bits per heavy atom. The van der Waals surface area contributed by atoms with Gasteiger partial charge in [0, 0.05) is 0 Å². The van der Waals surface area contributed by atoms with Crippen molar-refractivity contribution < 1.29 is 22.0 Å². The molecule has 1 atom stereocenters. The SMILES string of the molecule is CC(C(F)(F)F)C(F)(F)C(C)(C)S. The van der Waals surface area contributed by atoms with Gasteiger partial charge in [-0.05, 0) is 20.8 Å². The van der Waals surface area contributed by atoms with Crippen LogP contribution < -0.4 is 0 Å². The molecule has 13 heavy (non-hydrogen) atoms. The molecule has 0 radical (unpaired) electrons. The fourth-order valence-electron chi connectivity index (χ4n) is 0.735. The fourth-order valence-corrected chi connectivity index (χ4v) is 0.929. The van der Waals surface area contributed by atoms with Gasteiger partial charge in [-0.15, -0.1) is 0 Å². The van der Waals surface area contributed by atoms with Gasteiger partial charge < -0.3 is 0 Å². The molecule has 0 saturated carbocycles. The molecule has 0 amide bonds. The molecule has 6 heteroatoms. The van der Waals surface area contributed by atoms with Crippen LogP contribution in [0.3, 0.4) is 0 Å². The molecular formula is C7H11F5S. The second kappa shape index (κ2) is 3.29. The summed E-state index contributed by atoms with van der Waals surface area (Å²) >= 11 is 3.46. The van der Waals surface area contributed by atoms with Gasteiger partial charge in [-0.1, -0.05) is 0 Å². The van der Waals surface area contributed by atoms with Crippen molar-refractivity contribution in [3.05, 3.63) is 0 Å². The van der Waals surface area contributed by atoms with E-state index < -0.39 is 22.8 Å². The topological polar surface area (TPSA) is 0 Å². The third-order valence-corrected chi connectivity index (χ3v) is 2.15. The molecule has 0 aromatic heterocycles. The molecule has 0 aliphatic rings. The molecule has 0 rings (SSSR count). The van der Waals surface area contributed by atoms with E-state index in [1.54, 1.807) is 0 Å². The Kier molecular flexibility index (Phi) is 3.29. The average Bonchev–Trinajstić information content (AvgIpc) is 1.81. The number of alkyl halides is 5. The highest BCUT2D eigenvalue weighted by molar-refractivity contribution is 7.81. The fraction of sp³-hybridized carbons (Fsp3) is 1.00. The summed E-state index contributed by atoms with van der Waals surface area (Å²) in [7, 11) is 0. The molecule has 0 fully saturated rings. The number of hydrogen-bond acceptors (Lipinski definition) is 1. The van der Waals surface area contributed by atoms with E-state index in [4.69, 9.17) is 0 Å². The lowest BCUT2D eigenvalue weighted by Gasteiger charge is -2.35. The second-order valence-corrected chi connectivity index (χ2v) is 4.56. The van der Waals surface area contributed by atoms with Gasteiger partial charge in [0.25, 0.3) is 5.92 Å². The number of halogens is 5. The zero-order chi connectivity index (χ0) is 11.1. The van der Waals surface area contributed by atoms with Crippen molar-refractivity contribution in [2.75, 3.05) is 0 Å². The van der Waals surface area contributed by atoms with Crippen molar-refractivity contribution >= 4 is 12.6 Å². The van der Waals surface area contributed by atoms with Crippen molar-refractivity contribution in [2.45, 2.75) is 37.6 Å². The van der Waals surface area contributed by atoms with E-state index in [1.807, 2.05) is 0 Å². The van der Waals surface area contributed by atoms with Gasteiger partial charge in [0.1, 0.15) is 5.92 Å². The minimum atomic E-state index is -4.90. The largest absolute Gasteiger partial charge is 0.397 e. The van der Waals surface area contributed by atoms with Gasteiger partial charge in [0.15, 0.2) is 0 Å². The summed E-state index contributed by atoms with van der Waals surface area (Å²) < 4.78 is 59.9. The van der Waals surface area contributed by atoms with Crippen LogP contribution in [0.1, 0.15) is 20.8 Å². The molecule has 0 aliphatic carbocycles. The van der Waals surface area contributed by atoms with Crippen LogP contribution in [-0.4, -0.2) is 16.8 Å². The van der Waals surface area contributed by atoms with Crippen LogP contribution in [0, 0.1) is 5.92 Å². The van der Waals surface area contributed by atoms with E-state index in [-0.39, 0.29) is 0 Å². The highest BCUT2D eigenvalue weighted by Gasteiger charge is 2.58. The smallest absolute Gasteiger partial charge is 0.205 e. The van der Waals surface area contributed by atoms with Crippen LogP contribution in [0.15, 0.2) is 0 Å². The van der Waals surface area contributed by atoms with Gasteiger partial charge in [0.05, 0.1) is 4.75 Å². The zero-order valence-electron chi connectivity index (χ0n) is 7.41. The van der Waals surface area contributed by atoms with Gasteiger partial charge in [0.2, 0.25) is 0 Å². The van der Waals surface area contributed by atoms with Gasteiger partial charge in [-0.2, -0.15) is 25.8 Å². The Bertz CT molecular complexity index is 178. The van der Waals surface area contributed by atoms with E-state index in [2.05, 4.69) is 12.6 Å². The lowest BCUT2D eigenvalue weighted by atomic mass is 9.92. The van der Waals surface area contributed by atoms with Gasteiger partial charge in [-0.25, -0.2) is 8.78 Å². The van der Waals surface area contributed by atoms with Crippen molar-refractivity contribution in [3.63, 3.8) is 0 Å². The van der Waals surface area contributed by atoms with Crippen molar-refractivity contribution in [1.29, 1.82) is 0 Å². The Hall–Kier alpha value is -0.0000000000000000555. The van der Waals surface area contributed by atoms with Crippen LogP contribution in [0.5, 0.6) is 0 Å². The van der Waals surface area contributed by atoms with E-state index in [9.17, 15) is 22.0 Å². The first-order valence-electron chi connectivity index (χ1n) is 3.57. The minimum Gasteiger partial charge on any atom is -0.205 e. The molecule has 0 N–H and O–H groups in total. The molecule has 0 spiro atoms. The monoisotopic (exact) mass is 222 g/mol. The first-order valence-corrected chi connectivity index (χ1v) is 4.02. The minimum absolute atomic E-state index is 0.456. The molecule has 80 valence electrons. The predicted octanol–water partition coefficient (Wildman–Crippen LogP) is 3.53. The number of hydrogen-bond donors (Lipinski definition) is 1. The van der Waals surface area contributed by atoms with E-state index in [0.717, 1.165) is 13.8 Å². The Morgan fingerprint density at radius 2 is 1.31 bits per heavy atom.